The van der Waals surface area contributed by atoms with Crippen LogP contribution in [0.5, 0.6) is 5.75 Å². The predicted molar refractivity (Wildman–Crippen MR) is 128 cm³/mol. The molecule has 170 valence electrons. The van der Waals surface area contributed by atoms with E-state index in [0.717, 1.165) is 10.4 Å². The fraction of sp³-hybridized carbons (Fsp3) is 0.269. The van der Waals surface area contributed by atoms with Crippen molar-refractivity contribution < 1.29 is 19.4 Å². The van der Waals surface area contributed by atoms with Gasteiger partial charge < -0.3 is 14.7 Å². The van der Waals surface area contributed by atoms with Crippen molar-refractivity contribution in [2.75, 3.05) is 7.11 Å². The maximum atomic E-state index is 13.3. The topological polar surface area (TPSA) is 79.7 Å². The van der Waals surface area contributed by atoms with Gasteiger partial charge in [0, 0.05) is 17.3 Å². The number of thiophene rings is 1. The van der Waals surface area contributed by atoms with E-state index in [1.165, 1.54) is 23.3 Å². The number of rotatable bonds is 5. The first-order valence-electron chi connectivity index (χ1n) is 10.6. The molecule has 4 rings (SSSR count). The van der Waals surface area contributed by atoms with E-state index in [1.807, 2.05) is 29.6 Å². The van der Waals surface area contributed by atoms with Crippen LogP contribution in [-0.2, 0) is 21.5 Å². The third-order valence-corrected chi connectivity index (χ3v) is 6.65. The highest BCUT2D eigenvalue weighted by molar-refractivity contribution is 7.09. The van der Waals surface area contributed by atoms with E-state index in [4.69, 9.17) is 4.74 Å². The Morgan fingerprint density at radius 3 is 2.48 bits per heavy atom. The molecule has 2 aromatic heterocycles. The minimum Gasteiger partial charge on any atom is -0.507 e. The Bertz CT molecular complexity index is 1210. The Labute approximate surface area is 197 Å². The molecule has 3 aromatic rings. The number of aromatic nitrogens is 1. The van der Waals surface area contributed by atoms with Crippen molar-refractivity contribution in [2.24, 2.45) is 0 Å². The zero-order valence-corrected chi connectivity index (χ0v) is 19.8. The normalized spacial score (nSPS) is 18.1. The number of Topliss-reactive ketones (excluding diaryl/α,β-unsaturated/α-hetero) is 1. The van der Waals surface area contributed by atoms with Gasteiger partial charge in [-0.3, -0.25) is 14.6 Å². The van der Waals surface area contributed by atoms with E-state index in [9.17, 15) is 14.7 Å². The number of amides is 1. The molecule has 1 fully saturated rings. The van der Waals surface area contributed by atoms with Gasteiger partial charge in [0.2, 0.25) is 0 Å². The molecule has 1 aromatic carbocycles. The van der Waals surface area contributed by atoms with E-state index < -0.39 is 17.7 Å². The van der Waals surface area contributed by atoms with Crippen molar-refractivity contribution in [1.29, 1.82) is 0 Å². The quantitative estimate of drug-likeness (QED) is 0.325. The monoisotopic (exact) mass is 462 g/mol. The number of pyridine rings is 1. The highest BCUT2D eigenvalue weighted by Gasteiger charge is 2.46. The van der Waals surface area contributed by atoms with Crippen LogP contribution < -0.4 is 4.74 Å². The SMILES string of the molecule is COc1ccc(C(C)(C)C)cc1/C(O)=C1\C(=O)C(=O)N(Cc2cccs2)C1c1ccncc1. The van der Waals surface area contributed by atoms with Gasteiger partial charge in [0.25, 0.3) is 11.7 Å². The van der Waals surface area contributed by atoms with Crippen LogP contribution in [0.4, 0.5) is 0 Å². The number of methoxy groups -OCH3 is 1. The number of hydrogen-bond donors (Lipinski definition) is 1. The zero-order chi connectivity index (χ0) is 23.8. The van der Waals surface area contributed by atoms with Gasteiger partial charge in [-0.1, -0.05) is 32.9 Å². The van der Waals surface area contributed by atoms with Crippen molar-refractivity contribution >= 4 is 28.8 Å². The van der Waals surface area contributed by atoms with E-state index in [2.05, 4.69) is 25.8 Å². The second-order valence-electron chi connectivity index (χ2n) is 8.95. The summed E-state index contributed by atoms with van der Waals surface area (Å²) < 4.78 is 5.50. The fourth-order valence-electron chi connectivity index (χ4n) is 4.01. The van der Waals surface area contributed by atoms with E-state index in [1.54, 1.807) is 30.6 Å². The lowest BCUT2D eigenvalue weighted by Crippen LogP contribution is -2.28. The number of benzene rings is 1. The number of nitrogens with zero attached hydrogens (tertiary/aromatic N) is 2. The second kappa shape index (κ2) is 8.83. The molecule has 0 spiro atoms. The number of carbonyl (C=O) groups excluding carboxylic acids is 2. The highest BCUT2D eigenvalue weighted by atomic mass is 32.1. The molecular weight excluding hydrogens is 436 g/mol. The third kappa shape index (κ3) is 4.28. The maximum absolute atomic E-state index is 13.3. The van der Waals surface area contributed by atoms with Crippen molar-refractivity contribution in [3.63, 3.8) is 0 Å². The number of aliphatic hydroxyl groups is 1. The van der Waals surface area contributed by atoms with Gasteiger partial charge in [-0.2, -0.15) is 0 Å². The molecule has 33 heavy (non-hydrogen) atoms. The summed E-state index contributed by atoms with van der Waals surface area (Å²) in [5.74, 6) is -1.17. The van der Waals surface area contributed by atoms with Crippen LogP contribution in [-0.4, -0.2) is 33.8 Å². The van der Waals surface area contributed by atoms with E-state index in [0.29, 0.717) is 16.9 Å². The number of aliphatic hydroxyl groups excluding tert-OH is 1. The summed E-state index contributed by atoms with van der Waals surface area (Å²) in [4.78, 5) is 32.9. The molecule has 0 aliphatic carbocycles. The number of carbonyl (C=O) groups is 2. The van der Waals surface area contributed by atoms with Gasteiger partial charge in [0.15, 0.2) is 0 Å². The molecule has 1 unspecified atom stereocenters. The molecule has 0 saturated carbocycles. The van der Waals surface area contributed by atoms with Crippen LogP contribution in [0.3, 0.4) is 0 Å². The number of ketones is 1. The first kappa shape index (κ1) is 22.7. The van der Waals surface area contributed by atoms with Crippen LogP contribution >= 0.6 is 11.3 Å². The number of likely N-dealkylation sites (tertiary alicyclic amines) is 1. The largest absolute Gasteiger partial charge is 0.507 e. The molecule has 1 N–H and O–H groups in total. The van der Waals surface area contributed by atoms with Crippen molar-refractivity contribution in [3.8, 4) is 5.75 Å². The molecule has 1 atom stereocenters. The molecule has 0 radical (unpaired) electrons. The van der Waals surface area contributed by atoms with Crippen LogP contribution in [0.15, 0.2) is 65.8 Å². The van der Waals surface area contributed by atoms with Crippen LogP contribution in [0, 0.1) is 0 Å². The molecule has 1 aliphatic heterocycles. The van der Waals surface area contributed by atoms with Gasteiger partial charge in [-0.25, -0.2) is 0 Å². The first-order chi connectivity index (χ1) is 15.7. The lowest BCUT2D eigenvalue weighted by Gasteiger charge is -2.25. The van der Waals surface area contributed by atoms with Gasteiger partial charge in [0.05, 0.1) is 30.8 Å². The van der Waals surface area contributed by atoms with Gasteiger partial charge >= 0.3 is 0 Å². The van der Waals surface area contributed by atoms with Crippen molar-refractivity contribution in [1.82, 2.24) is 9.88 Å². The molecule has 1 aliphatic rings. The third-order valence-electron chi connectivity index (χ3n) is 5.79. The Morgan fingerprint density at radius 2 is 1.88 bits per heavy atom. The summed E-state index contributed by atoms with van der Waals surface area (Å²) in [7, 11) is 1.51. The average Bonchev–Trinajstić information content (AvgIpc) is 3.40. The summed E-state index contributed by atoms with van der Waals surface area (Å²) in [6.07, 6.45) is 3.23. The van der Waals surface area contributed by atoms with Crippen LogP contribution in [0.1, 0.15) is 48.4 Å². The summed E-state index contributed by atoms with van der Waals surface area (Å²) in [5.41, 5.74) is 1.92. The molecule has 1 saturated heterocycles. The smallest absolute Gasteiger partial charge is 0.295 e. The lowest BCUT2D eigenvalue weighted by molar-refractivity contribution is -0.140. The molecule has 7 heteroatoms. The molecule has 6 nitrogen and oxygen atoms in total. The predicted octanol–water partition coefficient (Wildman–Crippen LogP) is 5.07. The standard InChI is InChI=1S/C26H26N2O4S/c1-26(2,3)17-7-8-20(32-4)19(14-17)23(29)21-22(16-9-11-27-12-10-16)28(25(31)24(21)30)15-18-6-5-13-33-18/h5-14,22,29H,15H2,1-4H3/b23-21+. The lowest BCUT2D eigenvalue weighted by atomic mass is 9.85. The number of ether oxygens (including phenoxy) is 1. The Hall–Kier alpha value is -3.45. The summed E-state index contributed by atoms with van der Waals surface area (Å²) >= 11 is 1.51. The van der Waals surface area contributed by atoms with E-state index >= 15 is 0 Å². The fourth-order valence-corrected chi connectivity index (χ4v) is 4.71. The molecule has 0 bridgehead atoms. The van der Waals surface area contributed by atoms with Crippen molar-refractivity contribution in [2.45, 2.75) is 38.8 Å². The molecule has 1 amide bonds. The summed E-state index contributed by atoms with van der Waals surface area (Å²) in [6, 6.07) is 12.1. The molecular formula is C26H26N2O4S. The van der Waals surface area contributed by atoms with E-state index in [-0.39, 0.29) is 23.3 Å². The first-order valence-corrected chi connectivity index (χ1v) is 11.5. The minimum atomic E-state index is -0.738. The van der Waals surface area contributed by atoms with Gasteiger partial charge in [-0.15, -0.1) is 11.3 Å². The summed E-state index contributed by atoms with van der Waals surface area (Å²) in [6.45, 7) is 6.46. The average molecular weight is 463 g/mol. The van der Waals surface area contributed by atoms with Gasteiger partial charge in [-0.05, 0) is 52.3 Å². The minimum absolute atomic E-state index is 0.0483. The summed E-state index contributed by atoms with van der Waals surface area (Å²) in [5, 5.41) is 13.4. The second-order valence-corrected chi connectivity index (χ2v) is 9.98. The Kier molecular flexibility index (Phi) is 6.08. The zero-order valence-electron chi connectivity index (χ0n) is 19.0. The Morgan fingerprint density at radius 1 is 1.15 bits per heavy atom. The van der Waals surface area contributed by atoms with Gasteiger partial charge in [0.1, 0.15) is 11.5 Å². The Balaban J connectivity index is 1.92. The number of hydrogen-bond acceptors (Lipinski definition) is 6. The highest BCUT2D eigenvalue weighted by Crippen LogP contribution is 2.42. The van der Waals surface area contributed by atoms with Crippen LogP contribution in [0.25, 0.3) is 5.76 Å². The van der Waals surface area contributed by atoms with Crippen molar-refractivity contribution in [3.05, 3.63) is 87.4 Å². The molecule has 3 heterocycles. The van der Waals surface area contributed by atoms with Crippen LogP contribution in [0.2, 0.25) is 0 Å². The maximum Gasteiger partial charge on any atom is 0.295 e.